The maximum atomic E-state index is 13.2. The Kier molecular flexibility index (Phi) is 3.27. The number of carbonyl (C=O) groups is 1. The van der Waals surface area contributed by atoms with Gasteiger partial charge in [0.05, 0.1) is 6.20 Å². The van der Waals surface area contributed by atoms with Gasteiger partial charge in [0.1, 0.15) is 17.2 Å². The number of amides is 1. The number of hydrogen-bond acceptors (Lipinski definition) is 3. The van der Waals surface area contributed by atoms with Crippen LogP contribution in [0, 0.1) is 5.82 Å². The summed E-state index contributed by atoms with van der Waals surface area (Å²) in [6.07, 6.45) is 1.36. The molecular weight excluding hydrogens is 235 g/mol. The van der Waals surface area contributed by atoms with Crippen molar-refractivity contribution in [3.05, 3.63) is 41.8 Å². The second-order valence-corrected chi connectivity index (χ2v) is 3.73. The molecule has 1 heterocycles. The predicted molar refractivity (Wildman–Crippen MR) is 66.8 cm³/mol. The molecule has 2 aromatic rings. The number of nitrogens with one attached hydrogen (secondary N) is 1. The molecule has 1 amide bonds. The Bertz CT molecular complexity index is 567. The number of nitrogen functional groups attached to an aromatic ring is 1. The summed E-state index contributed by atoms with van der Waals surface area (Å²) < 4.78 is 13.2. The Hall–Kier alpha value is -2.37. The summed E-state index contributed by atoms with van der Waals surface area (Å²) in [5.74, 6) is -0.497. The molecule has 0 aliphatic rings. The van der Waals surface area contributed by atoms with Crippen molar-refractivity contribution in [1.29, 1.82) is 0 Å². The fourth-order valence-electron chi connectivity index (χ4n) is 1.70. The summed E-state index contributed by atoms with van der Waals surface area (Å²) in [7, 11) is 0. The van der Waals surface area contributed by atoms with Crippen LogP contribution < -0.4 is 10.6 Å². The molecule has 0 aliphatic heterocycles. The number of H-pyrrole nitrogens is 1. The van der Waals surface area contributed by atoms with Gasteiger partial charge < -0.3 is 10.6 Å². The minimum atomic E-state index is -0.390. The van der Waals surface area contributed by atoms with Crippen LogP contribution in [0.4, 0.5) is 15.9 Å². The number of nitrogens with two attached hydrogens (primary N) is 1. The van der Waals surface area contributed by atoms with Crippen molar-refractivity contribution in [2.24, 2.45) is 0 Å². The van der Waals surface area contributed by atoms with Gasteiger partial charge in [-0.15, -0.1) is 0 Å². The Labute approximate surface area is 103 Å². The smallest absolute Gasteiger partial charge is 0.263 e. The average Bonchev–Trinajstić information content (AvgIpc) is 2.76. The topological polar surface area (TPSA) is 75.0 Å². The van der Waals surface area contributed by atoms with Crippen LogP contribution in [0.3, 0.4) is 0 Å². The molecule has 94 valence electrons. The second kappa shape index (κ2) is 4.87. The van der Waals surface area contributed by atoms with E-state index < -0.39 is 0 Å². The van der Waals surface area contributed by atoms with Crippen molar-refractivity contribution in [2.75, 3.05) is 17.2 Å². The van der Waals surface area contributed by atoms with Gasteiger partial charge >= 0.3 is 0 Å². The van der Waals surface area contributed by atoms with Gasteiger partial charge in [-0.25, -0.2) is 4.39 Å². The van der Waals surface area contributed by atoms with Crippen LogP contribution in [-0.4, -0.2) is 22.6 Å². The highest BCUT2D eigenvalue weighted by molar-refractivity contribution is 6.08. The van der Waals surface area contributed by atoms with Gasteiger partial charge in [0.15, 0.2) is 0 Å². The van der Waals surface area contributed by atoms with Crippen LogP contribution in [0.5, 0.6) is 0 Å². The number of benzene rings is 1. The first-order valence-corrected chi connectivity index (χ1v) is 5.49. The Morgan fingerprint density at radius 3 is 2.89 bits per heavy atom. The Balaban J connectivity index is 2.35. The molecule has 0 fully saturated rings. The monoisotopic (exact) mass is 248 g/mol. The summed E-state index contributed by atoms with van der Waals surface area (Å²) in [6, 6.07) is 5.85. The zero-order chi connectivity index (χ0) is 13.1. The van der Waals surface area contributed by atoms with Gasteiger partial charge in [-0.3, -0.25) is 9.89 Å². The van der Waals surface area contributed by atoms with E-state index in [9.17, 15) is 9.18 Å². The first-order chi connectivity index (χ1) is 8.63. The van der Waals surface area contributed by atoms with Crippen LogP contribution in [0.1, 0.15) is 17.3 Å². The maximum absolute atomic E-state index is 13.2. The van der Waals surface area contributed by atoms with Gasteiger partial charge in [0, 0.05) is 12.2 Å². The highest BCUT2D eigenvalue weighted by atomic mass is 19.1. The molecule has 0 atom stereocenters. The van der Waals surface area contributed by atoms with Gasteiger partial charge in [-0.05, 0) is 25.1 Å². The van der Waals surface area contributed by atoms with Gasteiger partial charge in [0.2, 0.25) is 0 Å². The third-order valence-electron chi connectivity index (χ3n) is 2.58. The number of carbonyl (C=O) groups excluding carboxylic acids is 1. The van der Waals surface area contributed by atoms with Crippen LogP contribution in [0.25, 0.3) is 0 Å². The molecule has 1 aromatic heterocycles. The highest BCUT2D eigenvalue weighted by Crippen LogP contribution is 2.19. The number of nitrogens with zero attached hydrogens (tertiary/aromatic N) is 2. The van der Waals surface area contributed by atoms with Gasteiger partial charge in [-0.1, -0.05) is 6.07 Å². The summed E-state index contributed by atoms with van der Waals surface area (Å²) in [4.78, 5) is 13.7. The standard InChI is InChI=1S/C12H13FN4O/c1-2-17(9-5-3-4-8(13)6-9)12(18)10-7-15-16-11(10)14/h3-7H,2H2,1H3,(H3,14,15,16). The third-order valence-corrected chi connectivity index (χ3v) is 2.58. The number of rotatable bonds is 3. The maximum Gasteiger partial charge on any atom is 0.263 e. The number of aromatic nitrogens is 2. The lowest BCUT2D eigenvalue weighted by Gasteiger charge is -2.20. The lowest BCUT2D eigenvalue weighted by Crippen LogP contribution is -2.30. The molecule has 0 aliphatic carbocycles. The Morgan fingerprint density at radius 2 is 2.33 bits per heavy atom. The number of aromatic amines is 1. The molecule has 3 N–H and O–H groups in total. The number of hydrogen-bond donors (Lipinski definition) is 2. The van der Waals surface area contributed by atoms with Gasteiger partial charge in [-0.2, -0.15) is 5.10 Å². The van der Waals surface area contributed by atoms with E-state index in [2.05, 4.69) is 10.2 Å². The van der Waals surface area contributed by atoms with E-state index in [-0.39, 0.29) is 23.1 Å². The normalized spacial score (nSPS) is 10.3. The summed E-state index contributed by atoms with van der Waals surface area (Å²) in [6.45, 7) is 2.21. The Morgan fingerprint density at radius 1 is 1.56 bits per heavy atom. The molecular formula is C12H13FN4O. The zero-order valence-corrected chi connectivity index (χ0v) is 9.85. The first kappa shape index (κ1) is 12.1. The van der Waals surface area contributed by atoms with E-state index in [1.807, 2.05) is 0 Å². The molecule has 6 heteroatoms. The lowest BCUT2D eigenvalue weighted by molar-refractivity contribution is 0.0989. The average molecular weight is 248 g/mol. The summed E-state index contributed by atoms with van der Waals surface area (Å²) >= 11 is 0. The lowest BCUT2D eigenvalue weighted by atomic mass is 10.2. The molecule has 0 radical (unpaired) electrons. The van der Waals surface area contributed by atoms with Crippen molar-refractivity contribution in [3.8, 4) is 0 Å². The van der Waals surface area contributed by atoms with E-state index in [0.29, 0.717) is 12.2 Å². The van der Waals surface area contributed by atoms with Crippen molar-refractivity contribution in [3.63, 3.8) is 0 Å². The molecule has 0 saturated carbocycles. The zero-order valence-electron chi connectivity index (χ0n) is 9.85. The SMILES string of the molecule is CCN(C(=O)c1cn[nH]c1N)c1cccc(F)c1. The van der Waals surface area contributed by atoms with Crippen molar-refractivity contribution >= 4 is 17.4 Å². The fraction of sp³-hybridized carbons (Fsp3) is 0.167. The number of halogens is 1. The molecule has 0 unspecified atom stereocenters. The number of anilines is 2. The van der Waals surface area contributed by atoms with Crippen LogP contribution in [-0.2, 0) is 0 Å². The van der Waals surface area contributed by atoms with E-state index in [0.717, 1.165) is 0 Å². The van der Waals surface area contributed by atoms with E-state index >= 15 is 0 Å². The van der Waals surface area contributed by atoms with E-state index in [1.165, 1.54) is 23.2 Å². The summed E-state index contributed by atoms with van der Waals surface area (Å²) in [5.41, 5.74) is 6.37. The molecule has 0 spiro atoms. The van der Waals surface area contributed by atoms with E-state index in [4.69, 9.17) is 5.73 Å². The van der Waals surface area contributed by atoms with Crippen LogP contribution in [0.2, 0.25) is 0 Å². The quantitative estimate of drug-likeness (QED) is 0.869. The fourth-order valence-corrected chi connectivity index (χ4v) is 1.70. The second-order valence-electron chi connectivity index (χ2n) is 3.73. The predicted octanol–water partition coefficient (Wildman–Crippen LogP) is 1.80. The van der Waals surface area contributed by atoms with Gasteiger partial charge in [0.25, 0.3) is 5.91 Å². The molecule has 0 saturated heterocycles. The molecule has 18 heavy (non-hydrogen) atoms. The third kappa shape index (κ3) is 2.17. The van der Waals surface area contributed by atoms with Crippen molar-refractivity contribution < 1.29 is 9.18 Å². The van der Waals surface area contributed by atoms with Crippen molar-refractivity contribution in [1.82, 2.24) is 10.2 Å². The minimum absolute atomic E-state index is 0.204. The van der Waals surface area contributed by atoms with E-state index in [1.54, 1.807) is 19.1 Å². The molecule has 5 nitrogen and oxygen atoms in total. The first-order valence-electron chi connectivity index (χ1n) is 5.49. The molecule has 1 aromatic carbocycles. The van der Waals surface area contributed by atoms with Crippen LogP contribution >= 0.6 is 0 Å². The summed E-state index contributed by atoms with van der Waals surface area (Å²) in [5, 5.41) is 6.20. The van der Waals surface area contributed by atoms with Crippen LogP contribution in [0.15, 0.2) is 30.5 Å². The van der Waals surface area contributed by atoms with Crippen molar-refractivity contribution in [2.45, 2.75) is 6.92 Å². The largest absolute Gasteiger partial charge is 0.383 e. The molecule has 0 bridgehead atoms. The minimum Gasteiger partial charge on any atom is -0.383 e. The molecule has 2 rings (SSSR count). The highest BCUT2D eigenvalue weighted by Gasteiger charge is 2.19.